The Morgan fingerprint density at radius 3 is 2.88 bits per heavy atom. The first kappa shape index (κ1) is 17.0. The van der Waals surface area contributed by atoms with Crippen LogP contribution in [0.15, 0.2) is 34.4 Å². The zero-order valence-electron chi connectivity index (χ0n) is 12.7. The average Bonchev–Trinajstić information content (AvgIpc) is 2.90. The molecule has 1 N–H and O–H groups in total. The number of hydrogen-bond acceptors (Lipinski definition) is 4. The van der Waals surface area contributed by atoms with Crippen molar-refractivity contribution in [3.05, 3.63) is 67.0 Å². The van der Waals surface area contributed by atoms with Crippen molar-refractivity contribution in [2.75, 3.05) is 6.54 Å². The van der Waals surface area contributed by atoms with Crippen LogP contribution >= 0.6 is 34.5 Å². The second kappa shape index (κ2) is 6.93. The summed E-state index contributed by atoms with van der Waals surface area (Å²) in [6, 6.07) is 6.22. The zero-order chi connectivity index (χ0) is 17.3. The van der Waals surface area contributed by atoms with Gasteiger partial charge < -0.3 is 5.32 Å². The van der Waals surface area contributed by atoms with Crippen LogP contribution in [-0.4, -0.2) is 21.8 Å². The molecule has 0 aliphatic carbocycles. The highest BCUT2D eigenvalue weighted by molar-refractivity contribution is 7.15. The van der Waals surface area contributed by atoms with Crippen LogP contribution in [0.4, 0.5) is 0 Å². The van der Waals surface area contributed by atoms with E-state index in [0.717, 1.165) is 5.69 Å². The predicted octanol–water partition coefficient (Wildman–Crippen LogP) is 3.34. The van der Waals surface area contributed by atoms with Gasteiger partial charge in [-0.1, -0.05) is 23.2 Å². The molecule has 0 unspecified atom stereocenters. The molecule has 2 heterocycles. The quantitative estimate of drug-likeness (QED) is 0.753. The number of hydrogen-bond donors (Lipinski definition) is 1. The third-order valence-electron chi connectivity index (χ3n) is 3.45. The Bertz CT molecular complexity index is 981. The highest BCUT2D eigenvalue weighted by Crippen LogP contribution is 2.20. The minimum absolute atomic E-state index is 0.110. The smallest absolute Gasteiger partial charge is 0.258 e. The second-order valence-electron chi connectivity index (χ2n) is 5.21. The lowest BCUT2D eigenvalue weighted by Crippen LogP contribution is -2.27. The maximum Gasteiger partial charge on any atom is 0.258 e. The first-order valence-electron chi connectivity index (χ1n) is 7.16. The van der Waals surface area contributed by atoms with Gasteiger partial charge in [0.2, 0.25) is 0 Å². The number of aryl methyl sites for hydroxylation is 1. The zero-order valence-corrected chi connectivity index (χ0v) is 15.0. The van der Waals surface area contributed by atoms with Gasteiger partial charge in [-0.3, -0.25) is 14.0 Å². The average molecular weight is 382 g/mol. The summed E-state index contributed by atoms with van der Waals surface area (Å²) in [5, 5.41) is 5.45. The van der Waals surface area contributed by atoms with E-state index in [0.29, 0.717) is 39.2 Å². The molecule has 0 saturated carbocycles. The summed E-state index contributed by atoms with van der Waals surface area (Å²) in [5.41, 5.74) is 1.76. The molecule has 0 aliphatic rings. The topological polar surface area (TPSA) is 63.5 Å². The summed E-state index contributed by atoms with van der Waals surface area (Å²) in [6.45, 7) is 2.17. The Morgan fingerprint density at radius 2 is 2.12 bits per heavy atom. The first-order valence-corrected chi connectivity index (χ1v) is 8.79. The van der Waals surface area contributed by atoms with Gasteiger partial charge in [0.25, 0.3) is 11.5 Å². The third kappa shape index (κ3) is 3.45. The molecule has 3 rings (SSSR count). The van der Waals surface area contributed by atoms with Crippen LogP contribution in [0, 0.1) is 6.92 Å². The van der Waals surface area contributed by atoms with Gasteiger partial charge in [0, 0.05) is 40.8 Å². The van der Waals surface area contributed by atoms with Crippen molar-refractivity contribution in [3.63, 3.8) is 0 Å². The van der Waals surface area contributed by atoms with Gasteiger partial charge >= 0.3 is 0 Å². The molecule has 124 valence electrons. The van der Waals surface area contributed by atoms with Crippen molar-refractivity contribution in [1.82, 2.24) is 14.7 Å². The van der Waals surface area contributed by atoms with Crippen molar-refractivity contribution < 1.29 is 4.79 Å². The molecular formula is C16H13Cl2N3O2S. The molecule has 0 saturated heterocycles. The highest BCUT2D eigenvalue weighted by atomic mass is 35.5. The van der Waals surface area contributed by atoms with Crippen LogP contribution in [-0.2, 0) is 6.42 Å². The van der Waals surface area contributed by atoms with Crippen LogP contribution in [0.5, 0.6) is 0 Å². The number of benzene rings is 1. The number of amides is 1. The number of nitrogens with one attached hydrogen (secondary N) is 1. The molecule has 1 amide bonds. The molecule has 1 aromatic carbocycles. The Hall–Kier alpha value is -1.89. The van der Waals surface area contributed by atoms with Crippen molar-refractivity contribution in [2.45, 2.75) is 13.3 Å². The van der Waals surface area contributed by atoms with Gasteiger partial charge in [0.1, 0.15) is 0 Å². The summed E-state index contributed by atoms with van der Waals surface area (Å²) in [5.74, 6) is -0.280. The minimum atomic E-state index is -0.280. The fraction of sp³-hybridized carbons (Fsp3) is 0.188. The highest BCUT2D eigenvalue weighted by Gasteiger charge is 2.12. The lowest BCUT2D eigenvalue weighted by Gasteiger charge is -2.07. The largest absolute Gasteiger partial charge is 0.352 e. The summed E-state index contributed by atoms with van der Waals surface area (Å²) >= 11 is 13.2. The lowest BCUT2D eigenvalue weighted by molar-refractivity contribution is 0.0954. The standard InChI is InChI=1S/C16H13Cl2N3O2S/c1-9-6-14(22)21-11(8-24-16(21)20-9)4-5-19-15(23)12-3-2-10(17)7-13(12)18/h2-3,6-8H,4-5H2,1H3,(H,19,23). The number of fused-ring (bicyclic) bond motifs is 1. The first-order chi connectivity index (χ1) is 11.5. The summed E-state index contributed by atoms with van der Waals surface area (Å²) in [4.78, 5) is 29.2. The number of thiazole rings is 1. The maximum absolute atomic E-state index is 12.2. The Kier molecular flexibility index (Phi) is 4.89. The van der Waals surface area contributed by atoms with Crippen LogP contribution in [0.2, 0.25) is 10.0 Å². The van der Waals surface area contributed by atoms with Crippen molar-refractivity contribution in [2.24, 2.45) is 0 Å². The fourth-order valence-electron chi connectivity index (χ4n) is 2.33. The van der Waals surface area contributed by atoms with Crippen molar-refractivity contribution in [1.29, 1.82) is 0 Å². The number of rotatable bonds is 4. The molecule has 0 atom stereocenters. The van der Waals surface area contributed by atoms with E-state index in [2.05, 4.69) is 10.3 Å². The normalized spacial score (nSPS) is 11.0. The van der Waals surface area contributed by atoms with Gasteiger partial charge in [0.05, 0.1) is 10.6 Å². The molecule has 8 heteroatoms. The van der Waals surface area contributed by atoms with E-state index >= 15 is 0 Å². The molecule has 0 radical (unpaired) electrons. The molecule has 0 aliphatic heterocycles. The molecule has 24 heavy (non-hydrogen) atoms. The number of carbonyl (C=O) groups is 1. The number of aromatic nitrogens is 2. The Labute approximate surface area is 151 Å². The SMILES string of the molecule is Cc1cc(=O)n2c(CCNC(=O)c3ccc(Cl)cc3Cl)csc2n1. The van der Waals surface area contributed by atoms with E-state index in [1.807, 2.05) is 5.38 Å². The minimum Gasteiger partial charge on any atom is -0.352 e. The molecule has 3 aromatic rings. The molecule has 0 spiro atoms. The molecule has 5 nitrogen and oxygen atoms in total. The molecule has 0 fully saturated rings. The monoisotopic (exact) mass is 381 g/mol. The molecular weight excluding hydrogens is 369 g/mol. The number of nitrogens with zero attached hydrogens (tertiary/aromatic N) is 2. The van der Waals surface area contributed by atoms with Gasteiger partial charge in [-0.2, -0.15) is 0 Å². The van der Waals surface area contributed by atoms with E-state index in [9.17, 15) is 9.59 Å². The van der Waals surface area contributed by atoms with E-state index < -0.39 is 0 Å². The van der Waals surface area contributed by atoms with Gasteiger partial charge in [0.15, 0.2) is 4.96 Å². The van der Waals surface area contributed by atoms with E-state index in [4.69, 9.17) is 23.2 Å². The van der Waals surface area contributed by atoms with Crippen LogP contribution in [0.25, 0.3) is 4.96 Å². The number of carbonyl (C=O) groups excluding carboxylic acids is 1. The molecule has 0 bridgehead atoms. The fourth-order valence-corrected chi connectivity index (χ4v) is 3.80. The van der Waals surface area contributed by atoms with E-state index in [1.54, 1.807) is 23.5 Å². The number of halogens is 2. The van der Waals surface area contributed by atoms with E-state index in [1.165, 1.54) is 23.5 Å². The summed E-state index contributed by atoms with van der Waals surface area (Å²) in [6.07, 6.45) is 0.515. The summed E-state index contributed by atoms with van der Waals surface area (Å²) in [7, 11) is 0. The van der Waals surface area contributed by atoms with Gasteiger partial charge in [-0.05, 0) is 25.1 Å². The second-order valence-corrected chi connectivity index (χ2v) is 6.89. The molecule has 2 aromatic heterocycles. The van der Waals surface area contributed by atoms with Crippen LogP contribution in [0.1, 0.15) is 21.7 Å². The van der Waals surface area contributed by atoms with Crippen LogP contribution in [0.3, 0.4) is 0 Å². The van der Waals surface area contributed by atoms with Gasteiger partial charge in [-0.15, -0.1) is 11.3 Å². The summed E-state index contributed by atoms with van der Waals surface area (Å²) < 4.78 is 1.57. The third-order valence-corrected chi connectivity index (χ3v) is 4.87. The maximum atomic E-state index is 12.2. The lowest BCUT2D eigenvalue weighted by atomic mass is 10.2. The van der Waals surface area contributed by atoms with Gasteiger partial charge in [-0.25, -0.2) is 4.98 Å². The van der Waals surface area contributed by atoms with E-state index in [-0.39, 0.29) is 11.5 Å². The Balaban J connectivity index is 1.71. The van der Waals surface area contributed by atoms with Crippen molar-refractivity contribution in [3.8, 4) is 0 Å². The predicted molar refractivity (Wildman–Crippen MR) is 96.6 cm³/mol. The Morgan fingerprint density at radius 1 is 1.33 bits per heavy atom. The van der Waals surface area contributed by atoms with Crippen molar-refractivity contribution >= 4 is 45.4 Å². The van der Waals surface area contributed by atoms with Crippen LogP contribution < -0.4 is 10.9 Å².